The first-order chi connectivity index (χ1) is 14.4. The van der Waals surface area contributed by atoms with Gasteiger partial charge in [-0.15, -0.1) is 0 Å². The van der Waals surface area contributed by atoms with Gasteiger partial charge >= 0.3 is 6.03 Å². The Bertz CT molecular complexity index is 898. The minimum atomic E-state index is -0.885. The number of benzene rings is 1. The van der Waals surface area contributed by atoms with Gasteiger partial charge in [-0.1, -0.05) is 0 Å². The van der Waals surface area contributed by atoms with Crippen molar-refractivity contribution in [2.45, 2.75) is 25.4 Å². The molecule has 1 N–H and O–H groups in total. The number of rotatable bonds is 9. The van der Waals surface area contributed by atoms with Gasteiger partial charge in [0.2, 0.25) is 5.91 Å². The van der Waals surface area contributed by atoms with Gasteiger partial charge in [-0.2, -0.15) is 0 Å². The molecule has 1 aliphatic carbocycles. The molecule has 1 heterocycles. The number of carbonyl (C=O) groups is 2. The molecule has 0 aliphatic heterocycles. The highest BCUT2D eigenvalue weighted by Gasteiger charge is 2.34. The quantitative estimate of drug-likeness (QED) is 0.678. The van der Waals surface area contributed by atoms with Gasteiger partial charge in [0.1, 0.15) is 18.2 Å². The molecule has 1 fully saturated rings. The molecule has 0 spiro atoms. The number of hydrogen-bond donors (Lipinski definition) is 1. The molecule has 9 heteroatoms. The molecule has 3 amide bonds. The van der Waals surface area contributed by atoms with Crippen LogP contribution in [0.5, 0.6) is 0 Å². The summed E-state index contributed by atoms with van der Waals surface area (Å²) < 4.78 is 34.0. The van der Waals surface area contributed by atoms with E-state index in [4.69, 9.17) is 4.74 Å². The number of anilines is 1. The molecule has 162 valence electrons. The fourth-order valence-corrected chi connectivity index (χ4v) is 3.14. The molecule has 0 atom stereocenters. The predicted octanol–water partition coefficient (Wildman–Crippen LogP) is 2.97. The number of hydrogen-bond acceptors (Lipinski definition) is 3. The van der Waals surface area contributed by atoms with Gasteiger partial charge in [-0.25, -0.2) is 13.6 Å². The molecule has 1 aromatic heterocycles. The van der Waals surface area contributed by atoms with E-state index < -0.39 is 17.7 Å². The van der Waals surface area contributed by atoms with Gasteiger partial charge in [0.05, 0.1) is 18.8 Å². The van der Waals surface area contributed by atoms with Gasteiger partial charge in [-0.3, -0.25) is 4.79 Å². The van der Waals surface area contributed by atoms with Crippen LogP contribution in [0.2, 0.25) is 0 Å². The lowest BCUT2D eigenvalue weighted by molar-refractivity contribution is -0.133. The van der Waals surface area contributed by atoms with E-state index in [0.717, 1.165) is 30.7 Å². The molecule has 1 aliphatic rings. The van der Waals surface area contributed by atoms with Crippen LogP contribution in [-0.2, 0) is 23.1 Å². The third kappa shape index (κ3) is 5.56. The van der Waals surface area contributed by atoms with E-state index in [2.05, 4.69) is 5.32 Å². The Morgan fingerprint density at radius 3 is 2.63 bits per heavy atom. The van der Waals surface area contributed by atoms with Crippen LogP contribution in [0.3, 0.4) is 0 Å². The van der Waals surface area contributed by atoms with Crippen LogP contribution in [0.1, 0.15) is 18.5 Å². The monoisotopic (exact) mass is 420 g/mol. The molecule has 2 aromatic rings. The Balaban J connectivity index is 1.69. The zero-order valence-electron chi connectivity index (χ0n) is 17.1. The number of aromatic nitrogens is 1. The van der Waals surface area contributed by atoms with E-state index in [1.54, 1.807) is 4.90 Å². The molecule has 3 rings (SSSR count). The smallest absolute Gasteiger partial charge is 0.322 e. The Hall–Kier alpha value is -2.94. The Labute approximate surface area is 174 Å². The van der Waals surface area contributed by atoms with Crippen molar-refractivity contribution in [2.75, 3.05) is 32.1 Å². The minimum Gasteiger partial charge on any atom is -0.383 e. The summed E-state index contributed by atoms with van der Waals surface area (Å²) in [4.78, 5) is 28.8. The van der Waals surface area contributed by atoms with Crippen LogP contribution in [0, 0.1) is 11.6 Å². The number of methoxy groups -OCH3 is 1. The molecule has 30 heavy (non-hydrogen) atoms. The second kappa shape index (κ2) is 9.71. The van der Waals surface area contributed by atoms with E-state index >= 15 is 0 Å². The number of urea groups is 1. The third-order valence-corrected chi connectivity index (χ3v) is 5.04. The van der Waals surface area contributed by atoms with Gasteiger partial charge in [0.15, 0.2) is 0 Å². The minimum absolute atomic E-state index is 0.152. The topological polar surface area (TPSA) is 66.8 Å². The first-order valence-corrected chi connectivity index (χ1v) is 9.78. The molecule has 0 saturated heterocycles. The van der Waals surface area contributed by atoms with Crippen molar-refractivity contribution in [3.63, 3.8) is 0 Å². The van der Waals surface area contributed by atoms with Crippen molar-refractivity contribution < 1.29 is 23.1 Å². The van der Waals surface area contributed by atoms with Crippen LogP contribution in [0.25, 0.3) is 0 Å². The van der Waals surface area contributed by atoms with E-state index in [0.29, 0.717) is 12.6 Å². The number of nitrogens with one attached hydrogen (secondary N) is 1. The Morgan fingerprint density at radius 2 is 2.03 bits per heavy atom. The molecule has 0 bridgehead atoms. The van der Waals surface area contributed by atoms with Crippen molar-refractivity contribution in [2.24, 2.45) is 7.05 Å². The van der Waals surface area contributed by atoms with Gasteiger partial charge in [0.25, 0.3) is 0 Å². The standard InChI is InChI=1S/C21H26F2N4O3/c1-25-9-3-4-17(25)13-27(16-6-7-16)20(28)14-26(10-11-30-2)21(29)24-19-8-5-15(22)12-18(19)23/h3-5,8-9,12,16H,6-7,10-11,13-14H2,1-2H3,(H,24,29). The number of halogens is 2. The Morgan fingerprint density at radius 1 is 1.27 bits per heavy atom. The zero-order chi connectivity index (χ0) is 21.7. The van der Waals surface area contributed by atoms with Crippen LogP contribution >= 0.6 is 0 Å². The van der Waals surface area contributed by atoms with Crippen molar-refractivity contribution in [3.8, 4) is 0 Å². The lowest BCUT2D eigenvalue weighted by Crippen LogP contribution is -2.46. The third-order valence-electron chi connectivity index (χ3n) is 5.04. The zero-order valence-corrected chi connectivity index (χ0v) is 17.1. The van der Waals surface area contributed by atoms with E-state index in [-0.39, 0.29) is 37.3 Å². The van der Waals surface area contributed by atoms with E-state index in [9.17, 15) is 18.4 Å². The van der Waals surface area contributed by atoms with Crippen molar-refractivity contribution >= 4 is 17.6 Å². The molecule has 1 saturated carbocycles. The highest BCUT2D eigenvalue weighted by atomic mass is 19.1. The SMILES string of the molecule is COCCN(CC(=O)N(Cc1cccn1C)C1CC1)C(=O)Nc1ccc(F)cc1F. The van der Waals surface area contributed by atoms with Crippen molar-refractivity contribution in [3.05, 3.63) is 53.9 Å². The largest absolute Gasteiger partial charge is 0.383 e. The van der Waals surface area contributed by atoms with Crippen LogP contribution < -0.4 is 5.32 Å². The maximum Gasteiger partial charge on any atom is 0.322 e. The predicted molar refractivity (Wildman–Crippen MR) is 108 cm³/mol. The summed E-state index contributed by atoms with van der Waals surface area (Å²) >= 11 is 0. The van der Waals surface area contributed by atoms with Crippen LogP contribution in [0.15, 0.2) is 36.5 Å². The summed E-state index contributed by atoms with van der Waals surface area (Å²) in [7, 11) is 3.41. The number of aryl methyl sites for hydroxylation is 1. The highest BCUT2D eigenvalue weighted by molar-refractivity contribution is 5.92. The lowest BCUT2D eigenvalue weighted by Gasteiger charge is -2.28. The van der Waals surface area contributed by atoms with Crippen LogP contribution in [-0.4, -0.2) is 59.2 Å². The first-order valence-electron chi connectivity index (χ1n) is 9.78. The lowest BCUT2D eigenvalue weighted by atomic mass is 10.3. The summed E-state index contributed by atoms with van der Waals surface area (Å²) in [5, 5.41) is 2.41. The average Bonchev–Trinajstić information content (AvgIpc) is 3.47. The van der Waals surface area contributed by atoms with Crippen molar-refractivity contribution in [1.82, 2.24) is 14.4 Å². The molecular formula is C21H26F2N4O3. The summed E-state index contributed by atoms with van der Waals surface area (Å²) in [6.45, 7) is 0.658. The molecule has 0 unspecified atom stereocenters. The summed E-state index contributed by atoms with van der Waals surface area (Å²) in [5.41, 5.74) is 0.843. The number of nitrogens with zero attached hydrogens (tertiary/aromatic N) is 3. The Kier molecular flexibility index (Phi) is 7.04. The van der Waals surface area contributed by atoms with Gasteiger partial charge in [-0.05, 0) is 37.1 Å². The molecule has 7 nitrogen and oxygen atoms in total. The van der Waals surface area contributed by atoms with Gasteiger partial charge in [0, 0.05) is 44.7 Å². The number of carbonyl (C=O) groups excluding carboxylic acids is 2. The first kappa shape index (κ1) is 21.8. The highest BCUT2D eigenvalue weighted by Crippen LogP contribution is 2.28. The molecule has 0 radical (unpaired) electrons. The van der Waals surface area contributed by atoms with Gasteiger partial charge < -0.3 is 24.4 Å². The summed E-state index contributed by atoms with van der Waals surface area (Å²) in [5.74, 6) is -1.81. The van der Waals surface area contributed by atoms with E-state index in [1.807, 2.05) is 29.9 Å². The normalized spacial score (nSPS) is 13.2. The van der Waals surface area contributed by atoms with E-state index in [1.165, 1.54) is 12.0 Å². The van der Waals surface area contributed by atoms with Crippen molar-refractivity contribution in [1.29, 1.82) is 0 Å². The van der Waals surface area contributed by atoms with Crippen LogP contribution in [0.4, 0.5) is 19.3 Å². The average molecular weight is 420 g/mol. The second-order valence-electron chi connectivity index (χ2n) is 7.33. The number of ether oxygens (including phenoxy) is 1. The molecular weight excluding hydrogens is 394 g/mol. The second-order valence-corrected chi connectivity index (χ2v) is 7.33. The summed E-state index contributed by atoms with van der Waals surface area (Å²) in [6.07, 6.45) is 3.78. The maximum atomic E-state index is 13.9. The number of amides is 3. The fraction of sp³-hybridized carbons (Fsp3) is 0.429. The summed E-state index contributed by atoms with van der Waals surface area (Å²) in [6, 6.07) is 6.27. The molecule has 1 aromatic carbocycles. The maximum absolute atomic E-state index is 13.9. The fourth-order valence-electron chi connectivity index (χ4n) is 3.14.